The van der Waals surface area contributed by atoms with Crippen molar-refractivity contribution in [2.75, 3.05) is 37.7 Å². The number of carbonyl (C=O) groups excluding carboxylic acids is 1. The maximum Gasteiger partial charge on any atom is 0.303 e. The molecule has 2 N–H and O–H groups in total. The molecule has 0 bridgehead atoms. The van der Waals surface area contributed by atoms with E-state index >= 15 is 0 Å². The summed E-state index contributed by atoms with van der Waals surface area (Å²) in [5.41, 5.74) is 0. The van der Waals surface area contributed by atoms with Gasteiger partial charge in [0.25, 0.3) is 0 Å². The van der Waals surface area contributed by atoms with Crippen molar-refractivity contribution in [2.24, 2.45) is 0 Å². The van der Waals surface area contributed by atoms with Crippen molar-refractivity contribution in [3.8, 4) is 0 Å². The molecule has 0 aromatic carbocycles. The summed E-state index contributed by atoms with van der Waals surface area (Å²) in [4.78, 5) is 23.7. The Hall–Kier alpha value is -1.15. The fourth-order valence-electron chi connectivity index (χ4n) is 1.86. The average molecular weight is 292 g/mol. The Morgan fingerprint density at radius 2 is 1.74 bits per heavy atom. The first-order valence-corrected chi connectivity index (χ1v) is 8.13. The molecule has 0 atom stereocenters. The van der Waals surface area contributed by atoms with Crippen LogP contribution in [-0.4, -0.2) is 68.0 Å². The molecular weight excluding hydrogens is 272 g/mol. The standard InChI is InChI=1S/C11H20N2O5S/c14-10(13-6-4-12-5-7-13)3-9-19(17,18)8-1-2-11(15)16/h12H,1-9H2,(H,15,16). The molecule has 1 aliphatic heterocycles. The molecule has 1 rings (SSSR count). The number of nitrogens with zero attached hydrogens (tertiary/aromatic N) is 1. The van der Waals surface area contributed by atoms with Gasteiger partial charge in [-0.3, -0.25) is 9.59 Å². The minimum atomic E-state index is -3.34. The number of aliphatic carboxylic acids is 1. The lowest BCUT2D eigenvalue weighted by atomic mass is 10.3. The monoisotopic (exact) mass is 292 g/mol. The second-order valence-electron chi connectivity index (χ2n) is 4.53. The fraction of sp³-hybridized carbons (Fsp3) is 0.818. The summed E-state index contributed by atoms with van der Waals surface area (Å²) in [6, 6.07) is 0. The third-order valence-electron chi connectivity index (χ3n) is 2.94. The van der Waals surface area contributed by atoms with Crippen LogP contribution < -0.4 is 5.32 Å². The summed E-state index contributed by atoms with van der Waals surface area (Å²) in [6.45, 7) is 2.68. The van der Waals surface area contributed by atoms with E-state index < -0.39 is 15.8 Å². The quantitative estimate of drug-likeness (QED) is 0.629. The first kappa shape index (κ1) is 15.9. The third-order valence-corrected chi connectivity index (χ3v) is 4.68. The van der Waals surface area contributed by atoms with Gasteiger partial charge in [-0.05, 0) is 6.42 Å². The summed E-state index contributed by atoms with van der Waals surface area (Å²) in [5, 5.41) is 11.5. The van der Waals surface area contributed by atoms with Crippen molar-refractivity contribution >= 4 is 21.7 Å². The molecule has 0 aromatic heterocycles. The van der Waals surface area contributed by atoms with E-state index in [1.54, 1.807) is 4.90 Å². The van der Waals surface area contributed by atoms with Gasteiger partial charge in [-0.2, -0.15) is 0 Å². The van der Waals surface area contributed by atoms with Gasteiger partial charge in [0.2, 0.25) is 5.91 Å². The third kappa shape index (κ3) is 6.53. The molecular formula is C11H20N2O5S. The lowest BCUT2D eigenvalue weighted by Gasteiger charge is -2.27. The van der Waals surface area contributed by atoms with Crippen LogP contribution in [0, 0.1) is 0 Å². The predicted octanol–water partition coefficient (Wildman–Crippen LogP) is -0.912. The molecule has 1 amide bonds. The summed E-state index contributed by atoms with van der Waals surface area (Å²) >= 11 is 0. The van der Waals surface area contributed by atoms with Crippen LogP contribution >= 0.6 is 0 Å². The van der Waals surface area contributed by atoms with Crippen LogP contribution in [0.1, 0.15) is 19.3 Å². The summed E-state index contributed by atoms with van der Waals surface area (Å²) in [7, 11) is -3.34. The zero-order valence-electron chi connectivity index (χ0n) is 10.8. The lowest BCUT2D eigenvalue weighted by molar-refractivity contribution is -0.137. The smallest absolute Gasteiger partial charge is 0.303 e. The summed E-state index contributed by atoms with van der Waals surface area (Å²) in [5.74, 6) is -1.53. The molecule has 0 saturated carbocycles. The number of amides is 1. The van der Waals surface area contributed by atoms with E-state index in [-0.39, 0.29) is 36.7 Å². The fourth-order valence-corrected chi connectivity index (χ4v) is 3.13. The van der Waals surface area contributed by atoms with Gasteiger partial charge >= 0.3 is 5.97 Å². The van der Waals surface area contributed by atoms with Gasteiger partial charge in [0.1, 0.15) is 0 Å². The molecule has 7 nitrogen and oxygen atoms in total. The van der Waals surface area contributed by atoms with E-state index in [1.807, 2.05) is 0 Å². The minimum absolute atomic E-state index is 0.0184. The van der Waals surface area contributed by atoms with Crippen molar-refractivity contribution in [1.29, 1.82) is 0 Å². The summed E-state index contributed by atoms with van der Waals surface area (Å²) in [6.07, 6.45) is -0.0835. The van der Waals surface area contributed by atoms with Crippen LogP contribution in [0.4, 0.5) is 0 Å². The Morgan fingerprint density at radius 1 is 1.11 bits per heavy atom. The van der Waals surface area contributed by atoms with E-state index in [2.05, 4.69) is 5.32 Å². The van der Waals surface area contributed by atoms with Gasteiger partial charge in [0, 0.05) is 39.0 Å². The van der Waals surface area contributed by atoms with Gasteiger partial charge < -0.3 is 15.3 Å². The number of piperazine rings is 1. The number of carboxylic acids is 1. The van der Waals surface area contributed by atoms with Crippen LogP contribution in [0.15, 0.2) is 0 Å². The zero-order valence-corrected chi connectivity index (χ0v) is 11.6. The molecule has 0 unspecified atom stereocenters. The Labute approximate surface area is 112 Å². The van der Waals surface area contributed by atoms with Crippen molar-refractivity contribution in [1.82, 2.24) is 10.2 Å². The van der Waals surface area contributed by atoms with Crippen molar-refractivity contribution in [3.05, 3.63) is 0 Å². The number of nitrogens with one attached hydrogen (secondary N) is 1. The number of hydrogen-bond acceptors (Lipinski definition) is 5. The molecule has 1 heterocycles. The Kier molecular flexibility index (Phi) is 6.23. The largest absolute Gasteiger partial charge is 0.481 e. The zero-order chi connectivity index (χ0) is 14.3. The average Bonchev–Trinajstić information content (AvgIpc) is 2.36. The minimum Gasteiger partial charge on any atom is -0.481 e. The molecule has 19 heavy (non-hydrogen) atoms. The van der Waals surface area contributed by atoms with Crippen LogP contribution in [0.3, 0.4) is 0 Å². The van der Waals surface area contributed by atoms with Crippen LogP contribution in [0.5, 0.6) is 0 Å². The van der Waals surface area contributed by atoms with Crippen molar-refractivity contribution in [3.63, 3.8) is 0 Å². The maximum atomic E-state index is 11.8. The highest BCUT2D eigenvalue weighted by atomic mass is 32.2. The second kappa shape index (κ2) is 7.44. The highest BCUT2D eigenvalue weighted by molar-refractivity contribution is 7.91. The molecule has 8 heteroatoms. The highest BCUT2D eigenvalue weighted by Gasteiger charge is 2.19. The van der Waals surface area contributed by atoms with E-state index in [9.17, 15) is 18.0 Å². The Balaban J connectivity index is 2.29. The number of carboxylic acid groups (broad SMARTS) is 1. The van der Waals surface area contributed by atoms with Gasteiger partial charge in [-0.25, -0.2) is 8.42 Å². The normalized spacial score (nSPS) is 16.3. The number of carbonyl (C=O) groups is 2. The molecule has 0 spiro atoms. The van der Waals surface area contributed by atoms with E-state index in [1.165, 1.54) is 0 Å². The van der Waals surface area contributed by atoms with Crippen LogP contribution in [-0.2, 0) is 19.4 Å². The van der Waals surface area contributed by atoms with Gasteiger partial charge in [-0.1, -0.05) is 0 Å². The van der Waals surface area contributed by atoms with Crippen LogP contribution in [0.25, 0.3) is 0 Å². The van der Waals surface area contributed by atoms with Gasteiger partial charge in [-0.15, -0.1) is 0 Å². The Bertz CT molecular complexity index is 415. The Morgan fingerprint density at radius 3 is 2.32 bits per heavy atom. The van der Waals surface area contributed by atoms with Gasteiger partial charge in [0.05, 0.1) is 11.5 Å². The molecule has 0 radical (unpaired) electrons. The lowest BCUT2D eigenvalue weighted by Crippen LogP contribution is -2.46. The second-order valence-corrected chi connectivity index (χ2v) is 6.83. The number of rotatable bonds is 7. The number of hydrogen-bond donors (Lipinski definition) is 2. The first-order valence-electron chi connectivity index (χ1n) is 6.31. The van der Waals surface area contributed by atoms with Crippen molar-refractivity contribution in [2.45, 2.75) is 19.3 Å². The topological polar surface area (TPSA) is 104 Å². The molecule has 0 aliphatic carbocycles. The van der Waals surface area contributed by atoms with Gasteiger partial charge in [0.15, 0.2) is 9.84 Å². The van der Waals surface area contributed by atoms with Crippen LogP contribution in [0.2, 0.25) is 0 Å². The molecule has 1 aliphatic rings. The molecule has 110 valence electrons. The SMILES string of the molecule is O=C(O)CCCS(=O)(=O)CCC(=O)N1CCNCC1. The van der Waals surface area contributed by atoms with E-state index in [0.29, 0.717) is 13.1 Å². The summed E-state index contributed by atoms with van der Waals surface area (Å²) < 4.78 is 23.2. The predicted molar refractivity (Wildman–Crippen MR) is 69.6 cm³/mol. The molecule has 1 fully saturated rings. The molecule has 0 aromatic rings. The first-order chi connectivity index (χ1) is 8.91. The highest BCUT2D eigenvalue weighted by Crippen LogP contribution is 2.03. The van der Waals surface area contributed by atoms with E-state index in [4.69, 9.17) is 5.11 Å². The van der Waals surface area contributed by atoms with Crippen molar-refractivity contribution < 1.29 is 23.1 Å². The maximum absolute atomic E-state index is 11.8. The molecule has 1 saturated heterocycles. The van der Waals surface area contributed by atoms with E-state index in [0.717, 1.165) is 13.1 Å². The number of sulfone groups is 1.